The van der Waals surface area contributed by atoms with Crippen LogP contribution in [0.25, 0.3) is 0 Å². The van der Waals surface area contributed by atoms with E-state index in [2.05, 4.69) is 12.3 Å². The Kier molecular flexibility index (Phi) is 6.68. The molecule has 0 bridgehead atoms. The second-order valence-electron chi connectivity index (χ2n) is 7.12. The van der Waals surface area contributed by atoms with Crippen molar-refractivity contribution in [1.29, 1.82) is 0 Å². The van der Waals surface area contributed by atoms with Crippen molar-refractivity contribution in [3.63, 3.8) is 0 Å². The lowest BCUT2D eigenvalue weighted by molar-refractivity contribution is -0.138. The molecular weight excluding hydrogens is 400 g/mol. The first kappa shape index (κ1) is 22.0. The predicted molar refractivity (Wildman–Crippen MR) is 110 cm³/mol. The normalized spacial score (nSPS) is 17.6. The van der Waals surface area contributed by atoms with E-state index in [4.69, 9.17) is 14.2 Å². The zero-order valence-electron chi connectivity index (χ0n) is 17.4. The van der Waals surface area contributed by atoms with Gasteiger partial charge in [-0.15, -0.1) is 5.73 Å². The molecule has 2 aliphatic heterocycles. The van der Waals surface area contributed by atoms with Crippen LogP contribution in [0, 0.1) is 5.92 Å². The highest BCUT2D eigenvalue weighted by Crippen LogP contribution is 2.28. The molecule has 0 unspecified atom stereocenters. The number of rotatable bonds is 7. The summed E-state index contributed by atoms with van der Waals surface area (Å²) in [6.07, 6.45) is 3.70. The molecule has 0 radical (unpaired) electrons. The number of esters is 3. The number of ether oxygens (including phenoxy) is 3. The van der Waals surface area contributed by atoms with Crippen molar-refractivity contribution in [3.8, 4) is 0 Å². The number of benzene rings is 1. The molecule has 1 atom stereocenters. The summed E-state index contributed by atoms with van der Waals surface area (Å²) < 4.78 is 15.1. The summed E-state index contributed by atoms with van der Waals surface area (Å²) in [5.41, 5.74) is 5.32. The Balaban J connectivity index is 1.51. The van der Waals surface area contributed by atoms with Gasteiger partial charge in [-0.05, 0) is 44.5 Å². The Morgan fingerprint density at radius 3 is 2.77 bits per heavy atom. The number of allylic oxidation sites excluding steroid dienone is 3. The number of carbonyl (C=O) groups excluding carboxylic acids is 4. The molecule has 0 amide bonds. The molecule has 0 spiro atoms. The van der Waals surface area contributed by atoms with Crippen molar-refractivity contribution in [1.82, 2.24) is 0 Å². The molecule has 2 aliphatic rings. The highest BCUT2D eigenvalue weighted by molar-refractivity contribution is 5.98. The maximum absolute atomic E-state index is 12.4. The number of carbonyl (C=O) groups is 4. The summed E-state index contributed by atoms with van der Waals surface area (Å²) in [6, 6.07) is 4.64. The van der Waals surface area contributed by atoms with Gasteiger partial charge in [0.05, 0.1) is 29.2 Å². The molecule has 0 aromatic heterocycles. The SMILES string of the molecule is C=C1OC(=O)[C@@H](C)C1=C=C/C(=C\C)C(=O)CCCOC(=O)c1ccc2c(c1)COC2=O. The molecule has 0 aliphatic carbocycles. The second-order valence-corrected chi connectivity index (χ2v) is 7.12. The number of ketones is 1. The van der Waals surface area contributed by atoms with E-state index >= 15 is 0 Å². The lowest BCUT2D eigenvalue weighted by atomic mass is 10.0. The van der Waals surface area contributed by atoms with Crippen LogP contribution < -0.4 is 0 Å². The van der Waals surface area contributed by atoms with Crippen molar-refractivity contribution in [2.75, 3.05) is 6.61 Å². The molecule has 7 heteroatoms. The summed E-state index contributed by atoms with van der Waals surface area (Å²) in [5.74, 6) is -1.68. The van der Waals surface area contributed by atoms with Crippen molar-refractivity contribution in [2.24, 2.45) is 5.92 Å². The minimum absolute atomic E-state index is 0.0784. The average Bonchev–Trinajstić information content (AvgIpc) is 3.24. The molecule has 1 saturated heterocycles. The van der Waals surface area contributed by atoms with Crippen LogP contribution in [0.5, 0.6) is 0 Å². The fourth-order valence-corrected chi connectivity index (χ4v) is 3.20. The van der Waals surface area contributed by atoms with Crippen LogP contribution in [0.2, 0.25) is 0 Å². The smallest absolute Gasteiger partial charge is 0.338 e. The Bertz CT molecular complexity index is 1070. The van der Waals surface area contributed by atoms with Crippen molar-refractivity contribution >= 4 is 23.7 Å². The lowest BCUT2D eigenvalue weighted by Gasteiger charge is -2.06. The van der Waals surface area contributed by atoms with E-state index in [9.17, 15) is 19.2 Å². The third kappa shape index (κ3) is 4.90. The van der Waals surface area contributed by atoms with E-state index in [0.29, 0.717) is 34.3 Å². The molecule has 31 heavy (non-hydrogen) atoms. The van der Waals surface area contributed by atoms with E-state index in [1.807, 2.05) is 0 Å². The van der Waals surface area contributed by atoms with Gasteiger partial charge in [0.1, 0.15) is 12.4 Å². The molecule has 1 fully saturated rings. The molecule has 7 nitrogen and oxygen atoms in total. The summed E-state index contributed by atoms with van der Waals surface area (Å²) in [6.45, 7) is 7.31. The van der Waals surface area contributed by atoms with Gasteiger partial charge in [0.25, 0.3) is 0 Å². The molecule has 2 heterocycles. The van der Waals surface area contributed by atoms with Gasteiger partial charge in [-0.2, -0.15) is 0 Å². The summed E-state index contributed by atoms with van der Waals surface area (Å²) in [4.78, 5) is 47.6. The second kappa shape index (κ2) is 9.41. The van der Waals surface area contributed by atoms with Crippen molar-refractivity contribution in [2.45, 2.75) is 33.3 Å². The van der Waals surface area contributed by atoms with Crippen LogP contribution in [-0.4, -0.2) is 30.3 Å². The molecule has 1 aromatic carbocycles. The van der Waals surface area contributed by atoms with Crippen LogP contribution in [0.15, 0.2) is 59.6 Å². The van der Waals surface area contributed by atoms with Crippen molar-refractivity contribution in [3.05, 3.63) is 76.3 Å². The van der Waals surface area contributed by atoms with Crippen LogP contribution >= 0.6 is 0 Å². The molecule has 160 valence electrons. The minimum Gasteiger partial charge on any atom is -0.462 e. The molecular formula is C24H22O7. The molecule has 1 aromatic rings. The highest BCUT2D eigenvalue weighted by atomic mass is 16.5. The summed E-state index contributed by atoms with van der Waals surface area (Å²) in [5, 5.41) is 0. The first-order valence-corrected chi connectivity index (χ1v) is 9.86. The van der Waals surface area contributed by atoms with E-state index in [-0.39, 0.29) is 31.2 Å². The van der Waals surface area contributed by atoms with Gasteiger partial charge in [0, 0.05) is 17.6 Å². The number of fused-ring (bicyclic) bond motifs is 1. The van der Waals surface area contributed by atoms with E-state index in [0.717, 1.165) is 0 Å². The Labute approximate surface area is 179 Å². The first-order valence-electron chi connectivity index (χ1n) is 9.86. The third-order valence-electron chi connectivity index (χ3n) is 5.03. The largest absolute Gasteiger partial charge is 0.462 e. The van der Waals surface area contributed by atoms with Crippen LogP contribution in [0.1, 0.15) is 53.0 Å². The maximum Gasteiger partial charge on any atom is 0.338 e. The molecule has 3 rings (SSSR count). The zero-order valence-corrected chi connectivity index (χ0v) is 17.4. The lowest BCUT2D eigenvalue weighted by Crippen LogP contribution is -2.09. The predicted octanol–water partition coefficient (Wildman–Crippen LogP) is 3.60. The van der Waals surface area contributed by atoms with Gasteiger partial charge in [0.2, 0.25) is 0 Å². The quantitative estimate of drug-likeness (QED) is 0.165. The zero-order chi connectivity index (χ0) is 22.5. The fraction of sp³-hybridized carbons (Fsp3) is 0.292. The first-order chi connectivity index (χ1) is 14.8. The number of cyclic esters (lactones) is 2. The molecule has 0 N–H and O–H groups in total. The monoisotopic (exact) mass is 422 g/mol. The number of hydrogen-bond donors (Lipinski definition) is 0. The fourth-order valence-electron chi connectivity index (χ4n) is 3.20. The number of hydrogen-bond acceptors (Lipinski definition) is 7. The number of Topliss-reactive ketones (excluding diaryl/α,β-unsaturated/α-hetero) is 1. The van der Waals surface area contributed by atoms with Gasteiger partial charge in [-0.3, -0.25) is 9.59 Å². The topological polar surface area (TPSA) is 96.0 Å². The van der Waals surface area contributed by atoms with Crippen LogP contribution in [0.4, 0.5) is 0 Å². The summed E-state index contributed by atoms with van der Waals surface area (Å²) in [7, 11) is 0. The van der Waals surface area contributed by atoms with Gasteiger partial charge in [-0.25, -0.2) is 9.59 Å². The van der Waals surface area contributed by atoms with Gasteiger partial charge in [-0.1, -0.05) is 12.7 Å². The Morgan fingerprint density at radius 2 is 2.10 bits per heavy atom. The Hall–Kier alpha value is -3.70. The standard InChI is InChI=1S/C24H22O7/c1-4-16(7-9-19-14(2)22(26)31-15(19)3)21(25)6-5-11-29-23(27)17-8-10-20-18(12-17)13-30-24(20)28/h4,7-8,10,12,14H,3,5-6,11,13H2,1-2H3/b16-4+/t9?,14-/m0/s1. The Morgan fingerprint density at radius 1 is 1.32 bits per heavy atom. The maximum atomic E-state index is 12.4. The van der Waals surface area contributed by atoms with E-state index < -0.39 is 23.8 Å². The average molecular weight is 422 g/mol. The van der Waals surface area contributed by atoms with Gasteiger partial charge >= 0.3 is 17.9 Å². The van der Waals surface area contributed by atoms with Crippen molar-refractivity contribution < 1.29 is 33.4 Å². The third-order valence-corrected chi connectivity index (χ3v) is 5.03. The van der Waals surface area contributed by atoms with Crippen LogP contribution in [0.3, 0.4) is 0 Å². The highest BCUT2D eigenvalue weighted by Gasteiger charge is 2.31. The minimum atomic E-state index is -0.524. The van der Waals surface area contributed by atoms with Crippen LogP contribution in [-0.2, 0) is 30.4 Å². The molecule has 0 saturated carbocycles. The van der Waals surface area contributed by atoms with E-state index in [1.54, 1.807) is 32.1 Å². The van der Waals surface area contributed by atoms with Gasteiger partial charge < -0.3 is 14.2 Å². The van der Waals surface area contributed by atoms with E-state index in [1.165, 1.54) is 12.1 Å². The summed E-state index contributed by atoms with van der Waals surface area (Å²) >= 11 is 0. The van der Waals surface area contributed by atoms with Gasteiger partial charge in [0.15, 0.2) is 5.78 Å².